The highest BCUT2D eigenvalue weighted by Crippen LogP contribution is 2.56. The quantitative estimate of drug-likeness (QED) is 0.277. The van der Waals surface area contributed by atoms with Gasteiger partial charge in [-0.2, -0.15) is 0 Å². The predicted molar refractivity (Wildman–Crippen MR) is 169 cm³/mol. The first-order chi connectivity index (χ1) is 20.2. The molecule has 0 saturated heterocycles. The number of anilines is 1. The van der Waals surface area contributed by atoms with Gasteiger partial charge >= 0.3 is 5.97 Å². The van der Waals surface area contributed by atoms with E-state index in [4.69, 9.17) is 21.3 Å². The van der Waals surface area contributed by atoms with Crippen molar-refractivity contribution in [2.45, 2.75) is 89.0 Å². The first-order valence-electron chi connectivity index (χ1n) is 15.7. The number of aliphatic carboxylic acids is 1. The summed E-state index contributed by atoms with van der Waals surface area (Å²) >= 11 is 6.22. The van der Waals surface area contributed by atoms with E-state index in [1.54, 1.807) is 0 Å². The van der Waals surface area contributed by atoms with Crippen molar-refractivity contribution in [3.63, 3.8) is 0 Å². The van der Waals surface area contributed by atoms with E-state index in [9.17, 15) is 9.90 Å². The summed E-state index contributed by atoms with van der Waals surface area (Å²) in [5.74, 6) is 2.17. The second-order valence-electron chi connectivity index (χ2n) is 13.5. The molecule has 4 atom stereocenters. The van der Waals surface area contributed by atoms with Gasteiger partial charge in [0.2, 0.25) is 0 Å². The Morgan fingerprint density at radius 3 is 2.64 bits per heavy atom. The number of benzene rings is 2. The highest BCUT2D eigenvalue weighted by molar-refractivity contribution is 6.30. The van der Waals surface area contributed by atoms with Crippen LogP contribution in [-0.2, 0) is 23.1 Å². The Kier molecular flexibility index (Phi) is 7.99. The van der Waals surface area contributed by atoms with Crippen molar-refractivity contribution in [1.29, 1.82) is 0 Å². The third-order valence-electron chi connectivity index (χ3n) is 10.4. The highest BCUT2D eigenvalue weighted by Gasteiger charge is 2.54. The lowest BCUT2D eigenvalue weighted by Crippen LogP contribution is -2.53. The van der Waals surface area contributed by atoms with Crippen LogP contribution in [0.15, 0.2) is 60.8 Å². The zero-order valence-corrected chi connectivity index (χ0v) is 25.8. The summed E-state index contributed by atoms with van der Waals surface area (Å²) in [5, 5.41) is 14.4. The van der Waals surface area contributed by atoms with E-state index in [1.807, 2.05) is 36.5 Å². The molecule has 1 fully saturated rings. The molecule has 222 valence electrons. The topological polar surface area (TPSA) is 71.5 Å². The zero-order chi connectivity index (χ0) is 29.5. The van der Waals surface area contributed by atoms with Gasteiger partial charge in [0.25, 0.3) is 0 Å². The van der Waals surface area contributed by atoms with Crippen molar-refractivity contribution >= 4 is 23.3 Å². The number of hydrogen-bond acceptors (Lipinski definition) is 4. The van der Waals surface area contributed by atoms with E-state index in [0.29, 0.717) is 48.1 Å². The van der Waals surface area contributed by atoms with E-state index in [2.05, 4.69) is 50.4 Å². The molecule has 1 heterocycles. The lowest BCUT2D eigenvalue weighted by atomic mass is 9.59. The number of halogens is 1. The molecule has 1 aromatic heterocycles. The van der Waals surface area contributed by atoms with Gasteiger partial charge in [-0.15, -0.1) is 0 Å². The Hall–Kier alpha value is -3.05. The van der Waals surface area contributed by atoms with Gasteiger partial charge in [0.1, 0.15) is 11.3 Å². The maximum atomic E-state index is 12.7. The summed E-state index contributed by atoms with van der Waals surface area (Å²) in [6.07, 6.45) is 9.04. The minimum atomic E-state index is -0.999. The molecule has 3 aliphatic carbocycles. The van der Waals surface area contributed by atoms with Crippen LogP contribution in [0, 0.1) is 17.8 Å². The normalized spacial score (nSPS) is 29.0. The van der Waals surface area contributed by atoms with Crippen LogP contribution in [0.25, 0.3) is 0 Å². The van der Waals surface area contributed by atoms with Gasteiger partial charge in [0.05, 0.1) is 6.61 Å². The number of ether oxygens (including phenoxy) is 1. The van der Waals surface area contributed by atoms with Crippen LogP contribution in [0.1, 0.15) is 87.6 Å². The van der Waals surface area contributed by atoms with Crippen molar-refractivity contribution < 1.29 is 14.6 Å². The summed E-state index contributed by atoms with van der Waals surface area (Å²) in [6.45, 7) is 7.59. The van der Waals surface area contributed by atoms with Crippen LogP contribution in [-0.4, -0.2) is 28.2 Å². The van der Waals surface area contributed by atoms with Crippen molar-refractivity contribution in [3.8, 4) is 5.75 Å². The van der Waals surface area contributed by atoms with Crippen LogP contribution < -0.4 is 10.1 Å². The molecule has 3 aromatic rings. The lowest BCUT2D eigenvalue weighted by molar-refractivity contribution is -0.144. The first-order valence-corrected chi connectivity index (χ1v) is 16.0. The zero-order valence-electron chi connectivity index (χ0n) is 25.0. The average Bonchev–Trinajstić information content (AvgIpc) is 3.25. The van der Waals surface area contributed by atoms with Gasteiger partial charge < -0.3 is 15.2 Å². The Morgan fingerprint density at radius 1 is 1.10 bits per heavy atom. The third-order valence-corrected chi connectivity index (χ3v) is 10.7. The number of rotatable bonds is 8. The number of carboxylic acids is 1. The summed E-state index contributed by atoms with van der Waals surface area (Å²) in [5.41, 5.74) is 5.10. The second kappa shape index (κ2) is 11.6. The molecule has 3 aliphatic rings. The molecule has 1 spiro atoms. The molecular formula is C36H43ClN2O3. The number of aromatic nitrogens is 1. The fraction of sp³-hybridized carbons (Fsp3) is 0.500. The van der Waals surface area contributed by atoms with Gasteiger partial charge in [-0.3, -0.25) is 4.98 Å². The van der Waals surface area contributed by atoms with Crippen molar-refractivity contribution in [2.75, 3.05) is 11.9 Å². The standard InChI is InChI=1S/C36H43ClN2O3/c1-23-17-25(3)33-31(19-23)38-16-11-32(33)42-22-24(2)18-27-20-26-7-4-5-10-30(26)35(27)12-14-36(15-13-35,34(40)41)39-29-9-6-8-28(37)21-29/h4-11,16,21,23-25,27,39H,12-15,17-20,22H2,1-3H3,(H,40,41)/t23-,24+,25-,27?,35?,36?/m0/s1. The van der Waals surface area contributed by atoms with Crippen LogP contribution in [0.2, 0.25) is 5.02 Å². The molecule has 0 aliphatic heterocycles. The monoisotopic (exact) mass is 586 g/mol. The number of carbonyl (C=O) groups is 1. The molecule has 0 amide bonds. The van der Waals surface area contributed by atoms with Gasteiger partial charge in [-0.25, -0.2) is 4.79 Å². The molecule has 0 radical (unpaired) electrons. The van der Waals surface area contributed by atoms with Crippen LogP contribution >= 0.6 is 11.6 Å². The largest absolute Gasteiger partial charge is 0.493 e. The predicted octanol–water partition coefficient (Wildman–Crippen LogP) is 8.45. The summed E-state index contributed by atoms with van der Waals surface area (Å²) < 4.78 is 6.54. The van der Waals surface area contributed by atoms with E-state index in [1.165, 1.54) is 28.8 Å². The number of hydrogen-bond donors (Lipinski definition) is 2. The van der Waals surface area contributed by atoms with Gasteiger partial charge in [-0.1, -0.05) is 62.7 Å². The lowest BCUT2D eigenvalue weighted by Gasteiger charge is -2.47. The molecule has 6 heteroatoms. The first kappa shape index (κ1) is 29.0. The van der Waals surface area contributed by atoms with Crippen molar-refractivity contribution in [3.05, 3.63) is 88.2 Å². The van der Waals surface area contributed by atoms with Gasteiger partial charge in [-0.05, 0) is 116 Å². The average molecular weight is 587 g/mol. The molecule has 0 bridgehead atoms. The van der Waals surface area contributed by atoms with E-state index in [-0.39, 0.29) is 5.41 Å². The van der Waals surface area contributed by atoms with Crippen LogP contribution in [0.4, 0.5) is 5.69 Å². The van der Waals surface area contributed by atoms with Crippen LogP contribution in [0.5, 0.6) is 5.75 Å². The maximum Gasteiger partial charge on any atom is 0.329 e. The SMILES string of the molecule is C[C@@H]1Cc2nccc(OC[C@H](C)CC3Cc4ccccc4C34CCC(Nc3cccc(Cl)c3)(C(=O)O)CC4)c2[C@@H](C)C1. The molecule has 5 nitrogen and oxygen atoms in total. The number of nitrogens with one attached hydrogen (secondary N) is 1. The molecule has 42 heavy (non-hydrogen) atoms. The number of carboxylic acid groups (broad SMARTS) is 1. The molecule has 2 aromatic carbocycles. The smallest absolute Gasteiger partial charge is 0.329 e. The fourth-order valence-electron chi connectivity index (χ4n) is 8.44. The maximum absolute atomic E-state index is 12.7. The Bertz CT molecular complexity index is 1450. The minimum absolute atomic E-state index is 0.0136. The van der Waals surface area contributed by atoms with E-state index in [0.717, 1.165) is 43.5 Å². The number of nitrogens with zero attached hydrogens (tertiary/aromatic N) is 1. The summed E-state index contributed by atoms with van der Waals surface area (Å²) in [6, 6.07) is 18.3. The second-order valence-corrected chi connectivity index (χ2v) is 13.9. The van der Waals surface area contributed by atoms with Gasteiger partial charge in [0, 0.05) is 28.2 Å². The highest BCUT2D eigenvalue weighted by atomic mass is 35.5. The summed E-state index contributed by atoms with van der Waals surface area (Å²) in [4.78, 5) is 17.4. The summed E-state index contributed by atoms with van der Waals surface area (Å²) in [7, 11) is 0. The van der Waals surface area contributed by atoms with Gasteiger partial charge in [0.15, 0.2) is 0 Å². The molecule has 1 unspecified atom stereocenters. The van der Waals surface area contributed by atoms with E-state index < -0.39 is 11.5 Å². The van der Waals surface area contributed by atoms with Crippen LogP contribution in [0.3, 0.4) is 0 Å². The minimum Gasteiger partial charge on any atom is -0.493 e. The van der Waals surface area contributed by atoms with Crippen molar-refractivity contribution in [2.24, 2.45) is 17.8 Å². The van der Waals surface area contributed by atoms with Crippen molar-refractivity contribution in [1.82, 2.24) is 4.98 Å². The number of pyridine rings is 1. The third kappa shape index (κ3) is 5.41. The Balaban J connectivity index is 1.19. The fourth-order valence-corrected chi connectivity index (χ4v) is 8.63. The molecule has 1 saturated carbocycles. The Labute approximate surface area is 255 Å². The number of fused-ring (bicyclic) bond motifs is 3. The van der Waals surface area contributed by atoms with E-state index >= 15 is 0 Å². The molecule has 2 N–H and O–H groups in total. The Morgan fingerprint density at radius 2 is 1.88 bits per heavy atom. The molecular weight excluding hydrogens is 544 g/mol. The molecule has 6 rings (SSSR count).